The van der Waals surface area contributed by atoms with Gasteiger partial charge in [-0.2, -0.15) is 13.2 Å². The van der Waals surface area contributed by atoms with Crippen molar-refractivity contribution in [2.45, 2.75) is 44.3 Å². The number of hydrogen-bond acceptors (Lipinski definition) is 3. The molecule has 0 bridgehead atoms. The Morgan fingerprint density at radius 1 is 1.24 bits per heavy atom. The van der Waals surface area contributed by atoms with Crippen LogP contribution in [-0.4, -0.2) is 56.5 Å². The maximum atomic E-state index is 12.9. The number of hydrogen-bond donors (Lipinski definition) is 1. The summed E-state index contributed by atoms with van der Waals surface area (Å²) in [5.41, 5.74) is 0.01000. The molecule has 3 aliphatic rings. The third kappa shape index (κ3) is 4.11. The van der Waals surface area contributed by atoms with E-state index in [1.807, 2.05) is 4.90 Å². The molecule has 6 heteroatoms. The van der Waals surface area contributed by atoms with Crippen LogP contribution < -0.4 is 5.32 Å². The van der Waals surface area contributed by atoms with Crippen LogP contribution in [0.2, 0.25) is 0 Å². The quantitative estimate of drug-likeness (QED) is 0.844. The topological polar surface area (TPSA) is 24.5 Å². The molecule has 0 aromatic heterocycles. The molecule has 2 unspecified atom stereocenters. The fraction of sp³-hybridized carbons (Fsp3) is 1.00. The fourth-order valence-electron chi connectivity index (χ4n) is 3.56. The lowest BCUT2D eigenvalue weighted by Crippen LogP contribution is -2.49. The van der Waals surface area contributed by atoms with Gasteiger partial charge in [-0.05, 0) is 38.6 Å². The second kappa shape index (κ2) is 6.05. The van der Waals surface area contributed by atoms with Crippen LogP contribution in [0, 0.1) is 11.3 Å². The second-order valence-electron chi connectivity index (χ2n) is 7.07. The third-order valence-electron chi connectivity index (χ3n) is 5.06. The lowest BCUT2D eigenvalue weighted by Gasteiger charge is -2.39. The normalized spacial score (nSPS) is 35.3. The van der Waals surface area contributed by atoms with Gasteiger partial charge in [0.05, 0.1) is 12.5 Å². The summed E-state index contributed by atoms with van der Waals surface area (Å²) in [5, 5.41) is 3.54. The minimum absolute atomic E-state index is 0.01000. The van der Waals surface area contributed by atoms with E-state index in [0.717, 1.165) is 32.7 Å². The number of rotatable bonds is 5. The van der Waals surface area contributed by atoms with Crippen LogP contribution in [0.25, 0.3) is 0 Å². The maximum absolute atomic E-state index is 12.9. The molecule has 1 aliphatic carbocycles. The van der Waals surface area contributed by atoms with E-state index >= 15 is 0 Å². The Labute approximate surface area is 124 Å². The van der Waals surface area contributed by atoms with Crippen molar-refractivity contribution in [3.05, 3.63) is 0 Å². The SMILES string of the molecule is FC(F)(F)C1CCCN(CC2(CNC3CC3)CCOC2)C1. The van der Waals surface area contributed by atoms with Crippen LogP contribution in [0.15, 0.2) is 0 Å². The summed E-state index contributed by atoms with van der Waals surface area (Å²) < 4.78 is 44.3. The molecule has 2 atom stereocenters. The Balaban J connectivity index is 1.56. The number of nitrogens with one attached hydrogen (secondary N) is 1. The molecule has 0 aromatic carbocycles. The first-order valence-corrected chi connectivity index (χ1v) is 8.07. The predicted molar refractivity (Wildman–Crippen MR) is 74.1 cm³/mol. The minimum atomic E-state index is -4.05. The second-order valence-corrected chi connectivity index (χ2v) is 7.07. The van der Waals surface area contributed by atoms with Crippen molar-refractivity contribution >= 4 is 0 Å². The molecular formula is C15H25F3N2O. The van der Waals surface area contributed by atoms with Gasteiger partial charge in [0.2, 0.25) is 0 Å². The molecule has 122 valence electrons. The molecule has 3 nitrogen and oxygen atoms in total. The molecule has 0 spiro atoms. The monoisotopic (exact) mass is 306 g/mol. The van der Waals surface area contributed by atoms with E-state index in [1.165, 1.54) is 12.8 Å². The van der Waals surface area contributed by atoms with Crippen molar-refractivity contribution in [2.75, 3.05) is 39.4 Å². The van der Waals surface area contributed by atoms with Gasteiger partial charge in [0, 0.05) is 37.7 Å². The number of alkyl halides is 3. The summed E-state index contributed by atoms with van der Waals surface area (Å²) in [6.07, 6.45) is 0.304. The van der Waals surface area contributed by atoms with E-state index in [2.05, 4.69) is 5.32 Å². The number of piperidine rings is 1. The van der Waals surface area contributed by atoms with Gasteiger partial charge in [0.1, 0.15) is 0 Å². The molecule has 0 amide bonds. The standard InChI is InChI=1S/C15H25F3N2O/c16-15(17,18)12-2-1-6-20(8-12)10-14(5-7-21-11-14)9-19-13-3-4-13/h12-13,19H,1-11H2. The van der Waals surface area contributed by atoms with Crippen molar-refractivity contribution in [3.8, 4) is 0 Å². The zero-order valence-electron chi connectivity index (χ0n) is 12.4. The van der Waals surface area contributed by atoms with E-state index < -0.39 is 12.1 Å². The smallest absolute Gasteiger partial charge is 0.381 e. The highest BCUT2D eigenvalue weighted by Crippen LogP contribution is 2.36. The molecule has 21 heavy (non-hydrogen) atoms. The first-order chi connectivity index (χ1) is 9.97. The largest absolute Gasteiger partial charge is 0.393 e. The van der Waals surface area contributed by atoms with Gasteiger partial charge in [0.15, 0.2) is 0 Å². The molecule has 3 fully saturated rings. The van der Waals surface area contributed by atoms with Gasteiger partial charge in [-0.3, -0.25) is 0 Å². The Morgan fingerprint density at radius 3 is 2.67 bits per heavy atom. The molecule has 1 saturated carbocycles. The van der Waals surface area contributed by atoms with Crippen LogP contribution >= 0.6 is 0 Å². The van der Waals surface area contributed by atoms with E-state index in [4.69, 9.17) is 4.74 Å². The number of nitrogens with zero attached hydrogens (tertiary/aromatic N) is 1. The number of ether oxygens (including phenoxy) is 1. The fourth-order valence-corrected chi connectivity index (χ4v) is 3.56. The molecule has 0 radical (unpaired) electrons. The summed E-state index contributed by atoms with van der Waals surface area (Å²) in [7, 11) is 0. The average Bonchev–Trinajstić information content (AvgIpc) is 3.16. The lowest BCUT2D eigenvalue weighted by atomic mass is 9.85. The third-order valence-corrected chi connectivity index (χ3v) is 5.06. The van der Waals surface area contributed by atoms with Crippen LogP contribution in [0.5, 0.6) is 0 Å². The van der Waals surface area contributed by atoms with Crippen molar-refractivity contribution in [1.82, 2.24) is 10.2 Å². The Morgan fingerprint density at radius 2 is 2.05 bits per heavy atom. The van der Waals surface area contributed by atoms with Gasteiger partial charge in [-0.15, -0.1) is 0 Å². The van der Waals surface area contributed by atoms with E-state index in [1.54, 1.807) is 0 Å². The molecule has 1 N–H and O–H groups in total. The van der Waals surface area contributed by atoms with Gasteiger partial charge in [0.25, 0.3) is 0 Å². The van der Waals surface area contributed by atoms with E-state index in [-0.39, 0.29) is 18.4 Å². The highest BCUT2D eigenvalue weighted by Gasteiger charge is 2.44. The number of halogens is 3. The molecule has 3 rings (SSSR count). The molecule has 2 heterocycles. The average molecular weight is 306 g/mol. The zero-order chi connectivity index (χ0) is 14.9. The van der Waals surface area contributed by atoms with Gasteiger partial charge in [-0.25, -0.2) is 0 Å². The summed E-state index contributed by atoms with van der Waals surface area (Å²) >= 11 is 0. The summed E-state index contributed by atoms with van der Waals surface area (Å²) in [5.74, 6) is -1.15. The molecular weight excluding hydrogens is 281 g/mol. The summed E-state index contributed by atoms with van der Waals surface area (Å²) in [4.78, 5) is 2.02. The zero-order valence-corrected chi connectivity index (χ0v) is 12.4. The summed E-state index contributed by atoms with van der Waals surface area (Å²) in [6, 6.07) is 0.631. The van der Waals surface area contributed by atoms with Crippen LogP contribution in [0.4, 0.5) is 13.2 Å². The van der Waals surface area contributed by atoms with Crippen molar-refractivity contribution < 1.29 is 17.9 Å². The van der Waals surface area contributed by atoms with Gasteiger partial charge in [-0.1, -0.05) is 0 Å². The Kier molecular flexibility index (Phi) is 4.48. The maximum Gasteiger partial charge on any atom is 0.393 e. The molecule has 2 saturated heterocycles. The van der Waals surface area contributed by atoms with Crippen molar-refractivity contribution in [1.29, 1.82) is 0 Å². The van der Waals surface area contributed by atoms with Crippen LogP contribution in [0.1, 0.15) is 32.1 Å². The lowest BCUT2D eigenvalue weighted by molar-refractivity contribution is -0.187. The first-order valence-electron chi connectivity index (χ1n) is 8.07. The predicted octanol–water partition coefficient (Wildman–Crippen LogP) is 2.42. The molecule has 2 aliphatic heterocycles. The van der Waals surface area contributed by atoms with Crippen molar-refractivity contribution in [3.63, 3.8) is 0 Å². The highest BCUT2D eigenvalue weighted by atomic mass is 19.4. The van der Waals surface area contributed by atoms with Crippen LogP contribution in [0.3, 0.4) is 0 Å². The van der Waals surface area contributed by atoms with Crippen LogP contribution in [-0.2, 0) is 4.74 Å². The minimum Gasteiger partial charge on any atom is -0.381 e. The van der Waals surface area contributed by atoms with E-state index in [0.29, 0.717) is 19.1 Å². The first kappa shape index (κ1) is 15.6. The van der Waals surface area contributed by atoms with E-state index in [9.17, 15) is 13.2 Å². The highest BCUT2D eigenvalue weighted by molar-refractivity contribution is 4.93. The number of likely N-dealkylation sites (tertiary alicyclic amines) is 1. The van der Waals surface area contributed by atoms with Gasteiger partial charge >= 0.3 is 6.18 Å². The van der Waals surface area contributed by atoms with Crippen molar-refractivity contribution in [2.24, 2.45) is 11.3 Å². The Hall–Kier alpha value is -0.330. The Bertz CT molecular complexity index is 351. The summed E-state index contributed by atoms with van der Waals surface area (Å²) in [6.45, 7) is 3.99. The van der Waals surface area contributed by atoms with Gasteiger partial charge < -0.3 is 15.0 Å². The molecule has 0 aromatic rings.